The van der Waals surface area contributed by atoms with Crippen molar-refractivity contribution >= 4 is 41.4 Å². The van der Waals surface area contributed by atoms with Crippen LogP contribution in [0.2, 0.25) is 0 Å². The highest BCUT2D eigenvalue weighted by atomic mass is 32.2. The molecule has 1 saturated heterocycles. The molecule has 0 aromatic rings. The first kappa shape index (κ1) is 27.5. The van der Waals surface area contributed by atoms with E-state index in [0.717, 1.165) is 0 Å². The van der Waals surface area contributed by atoms with Crippen molar-refractivity contribution in [2.45, 2.75) is 64.1 Å². The molecule has 0 radical (unpaired) electrons. The minimum absolute atomic E-state index is 0.0458. The first-order valence-electron chi connectivity index (χ1n) is 10.9. The summed E-state index contributed by atoms with van der Waals surface area (Å²) in [5, 5.41) is 8.20. The molecule has 1 fully saturated rings. The third kappa shape index (κ3) is 9.33. The van der Waals surface area contributed by atoms with Crippen molar-refractivity contribution in [3.05, 3.63) is 0 Å². The Morgan fingerprint density at radius 1 is 1.16 bits per heavy atom. The zero-order valence-corrected chi connectivity index (χ0v) is 20.0. The zero-order chi connectivity index (χ0) is 24.1. The van der Waals surface area contributed by atoms with Gasteiger partial charge in [0.25, 0.3) is 0 Å². The second kappa shape index (κ2) is 14.5. The Kier molecular flexibility index (Phi) is 12.5. The molecular formula is C20H37N7O4S. The quantitative estimate of drug-likeness (QED) is 0.129. The molecule has 182 valence electrons. The van der Waals surface area contributed by atoms with Gasteiger partial charge in [0.1, 0.15) is 18.1 Å². The zero-order valence-electron chi connectivity index (χ0n) is 19.2. The van der Waals surface area contributed by atoms with E-state index >= 15 is 0 Å². The fourth-order valence-corrected chi connectivity index (χ4v) is 4.05. The maximum Gasteiger partial charge on any atom is 0.245 e. The van der Waals surface area contributed by atoms with E-state index in [0.29, 0.717) is 57.5 Å². The number of rotatable bonds is 13. The van der Waals surface area contributed by atoms with Crippen molar-refractivity contribution in [2.24, 2.45) is 16.5 Å². The van der Waals surface area contributed by atoms with Gasteiger partial charge in [-0.05, 0) is 51.0 Å². The summed E-state index contributed by atoms with van der Waals surface area (Å²) in [6.45, 7) is 4.40. The highest BCUT2D eigenvalue weighted by Gasteiger charge is 2.37. The smallest absolute Gasteiger partial charge is 0.245 e. The van der Waals surface area contributed by atoms with Crippen LogP contribution in [0.5, 0.6) is 0 Å². The summed E-state index contributed by atoms with van der Waals surface area (Å²) in [7, 11) is 0. The lowest BCUT2D eigenvalue weighted by atomic mass is 10.1. The van der Waals surface area contributed by atoms with Gasteiger partial charge in [-0.1, -0.05) is 0 Å². The van der Waals surface area contributed by atoms with Gasteiger partial charge in [0, 0.05) is 26.6 Å². The van der Waals surface area contributed by atoms with Gasteiger partial charge in [0.15, 0.2) is 5.96 Å². The minimum Gasteiger partial charge on any atom is -0.370 e. The number of carbonyl (C=O) groups is 4. The number of aliphatic imine (C=N–C) groups is 1. The van der Waals surface area contributed by atoms with Gasteiger partial charge < -0.3 is 32.3 Å². The summed E-state index contributed by atoms with van der Waals surface area (Å²) in [6.07, 6.45) is 4.40. The van der Waals surface area contributed by atoms with Gasteiger partial charge in [-0.25, -0.2) is 0 Å². The van der Waals surface area contributed by atoms with Gasteiger partial charge >= 0.3 is 0 Å². The van der Waals surface area contributed by atoms with Crippen molar-refractivity contribution < 1.29 is 19.2 Å². The molecule has 0 bridgehead atoms. The number of hydrogen-bond donors (Lipinski definition) is 5. The van der Waals surface area contributed by atoms with Gasteiger partial charge in [-0.2, -0.15) is 11.8 Å². The van der Waals surface area contributed by atoms with Crippen molar-refractivity contribution in [1.82, 2.24) is 20.9 Å². The Balaban J connectivity index is 2.98. The molecule has 1 aliphatic rings. The maximum absolute atomic E-state index is 13.3. The van der Waals surface area contributed by atoms with E-state index in [1.54, 1.807) is 11.8 Å². The summed E-state index contributed by atoms with van der Waals surface area (Å²) in [5.41, 5.74) is 10.7. The van der Waals surface area contributed by atoms with Crippen LogP contribution in [0.3, 0.4) is 0 Å². The molecule has 1 aliphatic heterocycles. The summed E-state index contributed by atoms with van der Waals surface area (Å²) in [4.78, 5) is 55.7. The monoisotopic (exact) mass is 471 g/mol. The van der Waals surface area contributed by atoms with E-state index in [2.05, 4.69) is 20.9 Å². The van der Waals surface area contributed by atoms with Crippen LogP contribution in [0.25, 0.3) is 0 Å². The van der Waals surface area contributed by atoms with E-state index in [4.69, 9.17) is 11.5 Å². The number of nitrogens with two attached hydrogens (primary N) is 2. The molecule has 0 aliphatic carbocycles. The average molecular weight is 472 g/mol. The Morgan fingerprint density at radius 2 is 1.88 bits per heavy atom. The second-order valence-electron chi connectivity index (χ2n) is 7.63. The largest absolute Gasteiger partial charge is 0.370 e. The number of likely N-dealkylation sites (tertiary alicyclic amines) is 1. The lowest BCUT2D eigenvalue weighted by molar-refractivity contribution is -0.142. The number of guanidine groups is 1. The van der Waals surface area contributed by atoms with E-state index in [-0.39, 0.29) is 23.7 Å². The second-order valence-corrected chi connectivity index (χ2v) is 8.61. The molecule has 1 heterocycles. The van der Waals surface area contributed by atoms with Crippen LogP contribution in [0.4, 0.5) is 0 Å². The molecule has 0 spiro atoms. The van der Waals surface area contributed by atoms with Crippen LogP contribution in [-0.4, -0.2) is 84.3 Å². The Bertz CT molecular complexity index is 685. The molecule has 1 rings (SSSR count). The Morgan fingerprint density at radius 3 is 2.47 bits per heavy atom. The molecule has 0 saturated carbocycles. The van der Waals surface area contributed by atoms with E-state index in [9.17, 15) is 19.2 Å². The normalized spacial score (nSPS) is 17.2. The SMILES string of the molecule is CCNC(=O)[C@@H]1CCCN1C(=O)[C@H](CCCN=C(N)N)NC(=O)[C@H](CCSC)NC(C)=O. The van der Waals surface area contributed by atoms with Crippen molar-refractivity contribution in [1.29, 1.82) is 0 Å². The van der Waals surface area contributed by atoms with Crippen molar-refractivity contribution in [2.75, 3.05) is 31.6 Å². The fraction of sp³-hybridized carbons (Fsp3) is 0.750. The molecule has 32 heavy (non-hydrogen) atoms. The number of amides is 4. The van der Waals surface area contributed by atoms with Crippen molar-refractivity contribution in [3.63, 3.8) is 0 Å². The number of carbonyl (C=O) groups excluding carboxylic acids is 4. The molecule has 0 aromatic heterocycles. The first-order valence-corrected chi connectivity index (χ1v) is 12.3. The topological polar surface area (TPSA) is 172 Å². The van der Waals surface area contributed by atoms with Gasteiger partial charge in [0.05, 0.1) is 0 Å². The number of hydrogen-bond acceptors (Lipinski definition) is 6. The Hall–Kier alpha value is -2.50. The highest BCUT2D eigenvalue weighted by Crippen LogP contribution is 2.20. The highest BCUT2D eigenvalue weighted by molar-refractivity contribution is 7.98. The van der Waals surface area contributed by atoms with Crippen LogP contribution < -0.4 is 27.4 Å². The predicted octanol–water partition coefficient (Wildman–Crippen LogP) is -1.09. The minimum atomic E-state index is -0.850. The molecule has 7 N–H and O–H groups in total. The number of thioether (sulfide) groups is 1. The third-order valence-electron chi connectivity index (χ3n) is 5.05. The summed E-state index contributed by atoms with van der Waals surface area (Å²) >= 11 is 1.56. The summed E-state index contributed by atoms with van der Waals surface area (Å²) < 4.78 is 0. The molecule has 0 unspecified atom stereocenters. The van der Waals surface area contributed by atoms with Gasteiger partial charge in [0.2, 0.25) is 23.6 Å². The van der Waals surface area contributed by atoms with Crippen LogP contribution in [0.1, 0.15) is 46.0 Å². The lowest BCUT2D eigenvalue weighted by Gasteiger charge is -2.29. The molecule has 4 amide bonds. The number of nitrogens with one attached hydrogen (secondary N) is 3. The van der Waals surface area contributed by atoms with Crippen LogP contribution >= 0.6 is 11.8 Å². The molecule has 12 heteroatoms. The average Bonchev–Trinajstić information content (AvgIpc) is 3.22. The predicted molar refractivity (Wildman–Crippen MR) is 126 cm³/mol. The maximum atomic E-state index is 13.3. The van der Waals surface area contributed by atoms with Gasteiger partial charge in [-0.15, -0.1) is 0 Å². The van der Waals surface area contributed by atoms with Crippen LogP contribution in [0.15, 0.2) is 4.99 Å². The molecular weight excluding hydrogens is 434 g/mol. The molecule has 3 atom stereocenters. The van der Waals surface area contributed by atoms with Crippen LogP contribution in [0, 0.1) is 0 Å². The van der Waals surface area contributed by atoms with E-state index in [1.807, 2.05) is 13.2 Å². The van der Waals surface area contributed by atoms with Crippen molar-refractivity contribution in [3.8, 4) is 0 Å². The van der Waals surface area contributed by atoms with Crippen LogP contribution in [-0.2, 0) is 19.2 Å². The molecule has 11 nitrogen and oxygen atoms in total. The number of likely N-dealkylation sites (N-methyl/N-ethyl adjacent to an activating group) is 1. The molecule has 0 aromatic carbocycles. The standard InChI is InChI=1S/C20H37N7O4S/c1-4-23-18(30)16-8-6-11-27(16)19(31)15(7-5-10-24-20(21)22)26-17(29)14(9-12-32-3)25-13(2)28/h14-16H,4-12H2,1-3H3,(H,23,30)(H,25,28)(H,26,29)(H4,21,22,24)/t14-,15-,16-/m0/s1. The van der Waals surface area contributed by atoms with E-state index < -0.39 is 24.0 Å². The summed E-state index contributed by atoms with van der Waals surface area (Å²) in [6, 6.07) is -2.15. The number of nitrogens with zero attached hydrogens (tertiary/aromatic N) is 2. The Labute approximate surface area is 193 Å². The first-order chi connectivity index (χ1) is 15.2. The fourth-order valence-electron chi connectivity index (χ4n) is 3.58. The van der Waals surface area contributed by atoms with Gasteiger partial charge in [-0.3, -0.25) is 24.2 Å². The summed E-state index contributed by atoms with van der Waals surface area (Å²) in [5.74, 6) is -0.632. The third-order valence-corrected chi connectivity index (χ3v) is 5.70. The lowest BCUT2D eigenvalue weighted by Crippen LogP contribution is -2.56. The van der Waals surface area contributed by atoms with E-state index in [1.165, 1.54) is 11.8 Å².